The second-order valence-electron chi connectivity index (χ2n) is 5.87. The largest absolute Gasteiger partial charge is 0.381 e. The van der Waals surface area contributed by atoms with Crippen molar-refractivity contribution in [3.8, 4) is 0 Å². The van der Waals surface area contributed by atoms with Crippen molar-refractivity contribution in [2.45, 2.75) is 25.4 Å². The van der Waals surface area contributed by atoms with E-state index in [9.17, 15) is 0 Å². The second-order valence-corrected chi connectivity index (χ2v) is 5.87. The molecule has 1 heterocycles. The topological polar surface area (TPSA) is 21.3 Å². The molecule has 2 atom stereocenters. The van der Waals surface area contributed by atoms with Gasteiger partial charge >= 0.3 is 0 Å². The van der Waals surface area contributed by atoms with Gasteiger partial charge in [0.15, 0.2) is 0 Å². The molecular weight excluding hydrogens is 258 g/mol. The number of rotatable bonds is 4. The van der Waals surface area contributed by atoms with Crippen LogP contribution in [-0.2, 0) is 4.74 Å². The first-order valence-electron chi connectivity index (χ1n) is 7.78. The first-order valence-corrected chi connectivity index (χ1v) is 7.78. The van der Waals surface area contributed by atoms with E-state index < -0.39 is 0 Å². The Morgan fingerprint density at radius 1 is 0.952 bits per heavy atom. The highest BCUT2D eigenvalue weighted by atomic mass is 16.5. The molecule has 1 aliphatic heterocycles. The average molecular weight is 281 g/mol. The predicted molar refractivity (Wildman–Crippen MR) is 86.3 cm³/mol. The van der Waals surface area contributed by atoms with Crippen LogP contribution in [-0.4, -0.2) is 19.3 Å². The van der Waals surface area contributed by atoms with Crippen LogP contribution >= 0.6 is 0 Å². The second kappa shape index (κ2) is 6.88. The summed E-state index contributed by atoms with van der Waals surface area (Å²) in [6, 6.07) is 22.2. The van der Waals surface area contributed by atoms with E-state index in [-0.39, 0.29) is 6.04 Å². The molecule has 1 N–H and O–H groups in total. The normalized spacial score (nSPS) is 22.4. The molecule has 0 aromatic heterocycles. The first-order chi connectivity index (χ1) is 10.3. The van der Waals surface area contributed by atoms with Crippen LogP contribution in [0.1, 0.15) is 30.5 Å². The zero-order valence-electron chi connectivity index (χ0n) is 12.5. The number of hydrogen-bond acceptors (Lipinski definition) is 2. The van der Waals surface area contributed by atoms with Gasteiger partial charge in [-0.05, 0) is 23.5 Å². The molecule has 0 saturated carbocycles. The maximum Gasteiger partial charge on any atom is 0.0578 e. The highest BCUT2D eigenvalue weighted by molar-refractivity contribution is 5.31. The maximum atomic E-state index is 5.56. The van der Waals surface area contributed by atoms with E-state index in [4.69, 9.17) is 4.74 Å². The zero-order valence-corrected chi connectivity index (χ0v) is 12.5. The number of benzene rings is 2. The van der Waals surface area contributed by atoms with Crippen LogP contribution in [0.15, 0.2) is 60.7 Å². The molecule has 110 valence electrons. The maximum absolute atomic E-state index is 5.56. The lowest BCUT2D eigenvalue weighted by molar-refractivity contribution is 0.0370. The van der Waals surface area contributed by atoms with Crippen molar-refractivity contribution in [1.29, 1.82) is 0 Å². The molecule has 3 rings (SSSR count). The number of hydrogen-bond donors (Lipinski definition) is 1. The molecule has 1 fully saturated rings. The molecule has 1 saturated heterocycles. The molecule has 2 heteroatoms. The summed E-state index contributed by atoms with van der Waals surface area (Å²) in [5.74, 6) is 0.550. The van der Waals surface area contributed by atoms with Crippen LogP contribution in [0.3, 0.4) is 0 Å². The Morgan fingerprint density at radius 2 is 1.52 bits per heavy atom. The molecule has 2 aromatic rings. The molecule has 2 nitrogen and oxygen atoms in total. The van der Waals surface area contributed by atoms with Gasteiger partial charge in [-0.15, -0.1) is 0 Å². The third-order valence-electron chi connectivity index (χ3n) is 4.29. The Kier molecular flexibility index (Phi) is 4.69. The quantitative estimate of drug-likeness (QED) is 0.920. The van der Waals surface area contributed by atoms with E-state index in [1.54, 1.807) is 0 Å². The van der Waals surface area contributed by atoms with Gasteiger partial charge in [-0.1, -0.05) is 67.6 Å². The molecule has 0 aliphatic carbocycles. The van der Waals surface area contributed by atoms with Crippen molar-refractivity contribution in [2.24, 2.45) is 5.92 Å². The summed E-state index contributed by atoms with van der Waals surface area (Å²) in [4.78, 5) is 0. The van der Waals surface area contributed by atoms with Gasteiger partial charge in [0.25, 0.3) is 0 Å². The van der Waals surface area contributed by atoms with Crippen molar-refractivity contribution < 1.29 is 4.74 Å². The monoisotopic (exact) mass is 281 g/mol. The number of ether oxygens (including phenoxy) is 1. The summed E-state index contributed by atoms with van der Waals surface area (Å²) in [5.41, 5.74) is 2.64. The van der Waals surface area contributed by atoms with Crippen molar-refractivity contribution in [3.63, 3.8) is 0 Å². The fourth-order valence-corrected chi connectivity index (χ4v) is 3.02. The minimum absolute atomic E-state index is 0.248. The van der Waals surface area contributed by atoms with Gasteiger partial charge in [0, 0.05) is 12.6 Å². The Balaban J connectivity index is 1.86. The van der Waals surface area contributed by atoms with Gasteiger partial charge in [0.1, 0.15) is 0 Å². The third kappa shape index (κ3) is 3.52. The minimum Gasteiger partial charge on any atom is -0.381 e. The summed E-state index contributed by atoms with van der Waals surface area (Å²) < 4.78 is 5.56. The van der Waals surface area contributed by atoms with Gasteiger partial charge in [0.05, 0.1) is 12.6 Å². The third-order valence-corrected chi connectivity index (χ3v) is 4.29. The van der Waals surface area contributed by atoms with E-state index in [2.05, 4.69) is 72.9 Å². The van der Waals surface area contributed by atoms with Crippen LogP contribution in [0.2, 0.25) is 0 Å². The fourth-order valence-electron chi connectivity index (χ4n) is 3.02. The lowest BCUT2D eigenvalue weighted by Crippen LogP contribution is -2.43. The van der Waals surface area contributed by atoms with E-state index >= 15 is 0 Å². The molecule has 21 heavy (non-hydrogen) atoms. The Bertz CT molecular complexity index is 501. The van der Waals surface area contributed by atoms with Crippen molar-refractivity contribution >= 4 is 0 Å². The van der Waals surface area contributed by atoms with E-state index in [1.807, 2.05) is 0 Å². The fraction of sp³-hybridized carbons (Fsp3) is 0.368. The molecule has 0 amide bonds. The molecule has 2 aromatic carbocycles. The van der Waals surface area contributed by atoms with Crippen LogP contribution < -0.4 is 5.32 Å². The van der Waals surface area contributed by atoms with Gasteiger partial charge in [-0.2, -0.15) is 0 Å². The SMILES string of the molecule is C[C@@H]1COCC[C@H]1NC(c1ccccc1)c1ccccc1. The van der Waals surface area contributed by atoms with Crippen molar-refractivity contribution in [3.05, 3.63) is 71.8 Å². The number of nitrogens with one attached hydrogen (secondary N) is 1. The highest BCUT2D eigenvalue weighted by Gasteiger charge is 2.25. The van der Waals surface area contributed by atoms with E-state index in [0.717, 1.165) is 19.6 Å². The van der Waals surface area contributed by atoms with Crippen LogP contribution in [0.5, 0.6) is 0 Å². The molecule has 0 bridgehead atoms. The van der Waals surface area contributed by atoms with Crippen LogP contribution in [0.4, 0.5) is 0 Å². The molecular formula is C19H23NO. The molecule has 0 radical (unpaired) electrons. The zero-order chi connectivity index (χ0) is 14.5. The van der Waals surface area contributed by atoms with E-state index in [1.165, 1.54) is 11.1 Å². The Labute approximate surface area is 127 Å². The molecule has 0 unspecified atom stereocenters. The molecule has 1 aliphatic rings. The smallest absolute Gasteiger partial charge is 0.0578 e. The van der Waals surface area contributed by atoms with Crippen molar-refractivity contribution in [1.82, 2.24) is 5.32 Å². The molecule has 0 spiro atoms. The predicted octanol–water partition coefficient (Wildman–Crippen LogP) is 3.79. The summed E-state index contributed by atoms with van der Waals surface area (Å²) in [6.45, 7) is 3.98. The van der Waals surface area contributed by atoms with Crippen LogP contribution in [0.25, 0.3) is 0 Å². The van der Waals surface area contributed by atoms with Gasteiger partial charge in [-0.25, -0.2) is 0 Å². The Hall–Kier alpha value is -1.64. The highest BCUT2D eigenvalue weighted by Crippen LogP contribution is 2.25. The first kappa shape index (κ1) is 14.3. The van der Waals surface area contributed by atoms with Gasteiger partial charge in [-0.3, -0.25) is 0 Å². The summed E-state index contributed by atoms with van der Waals surface area (Å²) >= 11 is 0. The van der Waals surface area contributed by atoms with Gasteiger partial charge < -0.3 is 10.1 Å². The lowest BCUT2D eigenvalue weighted by atomic mass is 9.92. The summed E-state index contributed by atoms with van der Waals surface area (Å²) in [5, 5.41) is 3.86. The van der Waals surface area contributed by atoms with Crippen LogP contribution in [0, 0.1) is 5.92 Å². The summed E-state index contributed by atoms with van der Waals surface area (Å²) in [6.07, 6.45) is 1.08. The van der Waals surface area contributed by atoms with Gasteiger partial charge in [0.2, 0.25) is 0 Å². The lowest BCUT2D eigenvalue weighted by Gasteiger charge is -2.33. The minimum atomic E-state index is 0.248. The average Bonchev–Trinajstić information content (AvgIpc) is 2.56. The standard InChI is InChI=1S/C19H23NO/c1-15-14-21-13-12-18(15)20-19(16-8-4-2-5-9-16)17-10-6-3-7-11-17/h2-11,15,18-20H,12-14H2,1H3/t15-,18-/m1/s1. The Morgan fingerprint density at radius 3 is 2.05 bits per heavy atom. The summed E-state index contributed by atoms with van der Waals surface area (Å²) in [7, 11) is 0. The van der Waals surface area contributed by atoms with Crippen molar-refractivity contribution in [2.75, 3.05) is 13.2 Å². The van der Waals surface area contributed by atoms with E-state index in [0.29, 0.717) is 12.0 Å².